The van der Waals surface area contributed by atoms with Crippen LogP contribution in [0.5, 0.6) is 11.5 Å². The number of aliphatic hydroxyl groups is 2. The minimum atomic E-state index is -0.525. The van der Waals surface area contributed by atoms with Gasteiger partial charge in [-0.25, -0.2) is 0 Å². The zero-order valence-corrected chi connectivity index (χ0v) is 105. The lowest BCUT2D eigenvalue weighted by Gasteiger charge is -2.06. The maximum atomic E-state index is 13.3. The van der Waals surface area contributed by atoms with Gasteiger partial charge in [-0.15, -0.1) is 22.7 Å². The van der Waals surface area contributed by atoms with Crippen LogP contribution in [-0.4, -0.2) is 39.6 Å². The van der Waals surface area contributed by atoms with Gasteiger partial charge in [0.15, 0.2) is 21.7 Å². The highest BCUT2D eigenvalue weighted by molar-refractivity contribution is 14.1. The zero-order chi connectivity index (χ0) is 84.8. The second kappa shape index (κ2) is 71.9. The van der Waals surface area contributed by atoms with E-state index >= 15 is 0 Å². The van der Waals surface area contributed by atoms with Gasteiger partial charge in [0, 0.05) is 583 Å². The minimum absolute atomic E-state index is 0.000966. The number of thiophene rings is 2. The molecule has 0 amide bonds. The number of aliphatic hydroxyl groups excluding tert-OH is 2. The highest BCUT2D eigenvalue weighted by atomic mass is 127. The Morgan fingerprint density at radius 1 is 0.271 bits per heavy atom. The monoisotopic (exact) mass is 2790 g/mol. The Kier molecular flexibility index (Phi) is 68.9. The largest absolute Gasteiger partial charge is 0.508 e. The molecule has 12 nitrogen and oxygen atoms in total. The lowest BCUT2D eigenvalue weighted by molar-refractivity contribution is 0.233. The van der Waals surface area contributed by atoms with Crippen LogP contribution in [0.1, 0.15) is 12.8 Å². The summed E-state index contributed by atoms with van der Waals surface area (Å²) in [6.45, 7) is 0.577. The quantitative estimate of drug-likeness (QED) is 0.107. The molecule has 8 aromatic carbocycles. The van der Waals surface area contributed by atoms with Crippen LogP contribution in [-0.2, 0) is 515 Å². The SMILES string of the molecule is O=c1c2ccccc2c(=O)c2c1sc1c(=O)c3ccc(O)cc3c(=O)c12.O=c1c2ccccc2c(=O)c2c1sc1c(=O)c3ccc(OCCCO)cc3c(=O)c12.OCCCI.S=S=S=S=S=S=S=S=S=S=S=S=S=S=S=S=S=S=S=S=S=S=S=S=S=S=S=S.S=S=S=S=S=S=S=S=S=S=S=S=S=S=S=S=S=S=S=S=S=S=S=S=S=S=S=S=S. The number of hydrogen-bond donors (Lipinski definition) is 3. The van der Waals surface area contributed by atoms with Crippen molar-refractivity contribution in [1.82, 2.24) is 0 Å². The maximum Gasteiger partial charge on any atom is 0.204 e. The number of rotatable bonds is 6. The first-order valence-electron chi connectivity index (χ1n) is 27.9. The first kappa shape index (κ1) is 113. The van der Waals surface area contributed by atoms with Crippen molar-refractivity contribution < 1.29 is 20.1 Å². The van der Waals surface area contributed by atoms with Gasteiger partial charge in [0.05, 0.1) is 47.0 Å². The fraction of sp³-hybridized carbons (Fsp3) is 0.130. The highest BCUT2D eigenvalue weighted by Crippen LogP contribution is 2.31. The maximum absolute atomic E-state index is 13.3. The Morgan fingerprint density at radius 3 is 0.712 bits per heavy atom. The van der Waals surface area contributed by atoms with E-state index < -0.39 is 27.1 Å². The summed E-state index contributed by atoms with van der Waals surface area (Å²) in [7, 11) is 92.7. The van der Waals surface area contributed by atoms with Crippen LogP contribution >= 0.6 is 45.3 Å². The van der Waals surface area contributed by atoms with Crippen molar-refractivity contribution in [1.29, 1.82) is 0 Å². The molecule has 2 heterocycles. The van der Waals surface area contributed by atoms with Crippen molar-refractivity contribution in [2.75, 3.05) is 24.2 Å². The van der Waals surface area contributed by atoms with Gasteiger partial charge < -0.3 is 20.1 Å². The van der Waals surface area contributed by atoms with E-state index in [-0.39, 0.29) is 119 Å². The molecule has 0 radical (unpaired) electrons. The molecule has 10 rings (SSSR count). The predicted molar refractivity (Wildman–Crippen MR) is 673 cm³/mol. The predicted octanol–water partition coefficient (Wildman–Crippen LogP) is 5.49. The molecule has 0 bridgehead atoms. The van der Waals surface area contributed by atoms with Crippen LogP contribution in [0, 0.1) is 0 Å². The molecule has 3 N–H and O–H groups in total. The zero-order valence-electron chi connectivity index (χ0n) is 54.8. The third kappa shape index (κ3) is 41.6. The summed E-state index contributed by atoms with van der Waals surface area (Å²) in [5.74, 6) is 0.244. The Balaban J connectivity index is 0.000000239. The second-order valence-electron chi connectivity index (χ2n) is 17.5. The van der Waals surface area contributed by atoms with Crippen LogP contribution in [0.25, 0.3) is 83.4 Å². The number of alkyl halides is 1. The molecule has 0 saturated carbocycles. The molecule has 0 spiro atoms. The van der Waals surface area contributed by atoms with Gasteiger partial charge in [0.25, 0.3) is 0 Å². The molecule has 0 unspecified atom stereocenters. The van der Waals surface area contributed by atoms with Gasteiger partial charge >= 0.3 is 0 Å². The number of phenols is 1. The third-order valence-electron chi connectivity index (χ3n) is 11.6. The Morgan fingerprint density at radius 2 is 0.483 bits per heavy atom. The van der Waals surface area contributed by atoms with E-state index in [2.05, 4.69) is 22.6 Å². The number of aromatic hydroxyl groups is 1. The van der Waals surface area contributed by atoms with Gasteiger partial charge in [0.2, 0.25) is 21.7 Å². The molecule has 118 heavy (non-hydrogen) atoms. The third-order valence-corrected chi connectivity index (χ3v) is 128. The Labute approximate surface area is 860 Å². The number of hydrogen-bond acceptors (Lipinski definition) is 18. The van der Waals surface area contributed by atoms with E-state index in [1.165, 1.54) is 71.9 Å². The normalized spacial score (nSPS) is 9.62. The molecule has 0 aliphatic rings. The molecule has 0 fully saturated rings. The van der Waals surface area contributed by atoms with E-state index in [0.29, 0.717) is 18.8 Å². The molecule has 0 saturated heterocycles. The van der Waals surface area contributed by atoms with Gasteiger partial charge in [-0.3, -0.25) is 38.4 Å². The molecule has 10 aromatic rings. The number of halogens is 1. The second-order valence-corrected chi connectivity index (χ2v) is 114. The fourth-order valence-corrected chi connectivity index (χ4v) is 145. The topological polar surface area (TPSA) is 206 Å². The van der Waals surface area contributed by atoms with E-state index in [9.17, 15) is 43.5 Å². The first-order valence-corrected chi connectivity index (χ1v) is 104. The lowest BCUT2D eigenvalue weighted by atomic mass is 10.0. The number of phenolic OH excluding ortho intramolecular Hbond substituents is 1. The summed E-state index contributed by atoms with van der Waals surface area (Å²) >= 11 is 23.2. The van der Waals surface area contributed by atoms with E-state index in [4.69, 9.17) is 59.7 Å². The summed E-state index contributed by atoms with van der Waals surface area (Å²) in [5.41, 5.74) is -3.35. The van der Waals surface area contributed by atoms with Crippen molar-refractivity contribution in [2.45, 2.75) is 12.8 Å². The van der Waals surface area contributed by atoms with Crippen molar-refractivity contribution in [3.05, 3.63) is 167 Å². The fourth-order valence-electron chi connectivity index (χ4n) is 7.94. The molecular weight excluding hydrogens is 2760 g/mol. The summed E-state index contributed by atoms with van der Waals surface area (Å²) in [5, 5.41) is 28.2. The Hall–Kier alpha value is 6.43. The number of fused-ring (bicyclic) bond motifs is 10. The molecule has 0 aliphatic carbocycles. The summed E-state index contributed by atoms with van der Waals surface area (Å²) in [4.78, 5) is 104. The smallest absolute Gasteiger partial charge is 0.204 e. The average Bonchev–Trinajstić information content (AvgIpc) is 1.56. The molecule has 0 atom stereocenters. The number of benzene rings is 8. The van der Waals surface area contributed by atoms with Crippen molar-refractivity contribution in [3.63, 3.8) is 0 Å². The lowest BCUT2D eigenvalue weighted by Crippen LogP contribution is -2.15. The highest BCUT2D eigenvalue weighted by Gasteiger charge is 2.24. The van der Waals surface area contributed by atoms with Crippen molar-refractivity contribution >= 4 is 644 Å². The minimum Gasteiger partial charge on any atom is -0.508 e. The van der Waals surface area contributed by atoms with Crippen LogP contribution in [0.4, 0.5) is 0 Å². The van der Waals surface area contributed by atoms with Crippen molar-refractivity contribution in [3.8, 4) is 11.5 Å². The van der Waals surface area contributed by atoms with Crippen LogP contribution < -0.4 is 48.2 Å². The molecule has 2 aromatic heterocycles. The summed E-state index contributed by atoms with van der Waals surface area (Å²) < 4.78 is 7.07. The molecular formula is C46H29IO12S59. The summed E-state index contributed by atoms with van der Waals surface area (Å²) in [6, 6.07) is 21.4. The average molecular weight is 2790 g/mol. The standard InChI is InChI=1S/C23H14O6S.C20H8O5S.C3H7IO.S29.S28/c24-8-3-9-29-11-6-7-14-15(10-11)19(26)17-16-18(25)12-4-1-2-5-13(12)20(27)22(16)30-23(17)21(14)28;21-8-5-6-11-12(7-8)16(23)14-13-15(22)9-3-1-2-4-10(9)17(24)19(13)26-20(14)18(11)25;4-2-1-3-5;1-3-5-7-9-11-13-15-17-19-21-23-25-27-29-28-26-24-22-20-18-16-14-12-10-8-6-4-2;1-3-5-7-9-11-13-15-17-19-21-23-25-27-28-26-24-22-20-18-16-14-12-10-8-6-4-2/h1-2,4-7,10,24H,3,8-9H2;1-7,21H;5H,1-3H2;;. The first-order chi connectivity index (χ1) is 57.8. The molecule has 72 heteroatoms. The van der Waals surface area contributed by atoms with E-state index in [1.807, 2.05) is 186 Å². The van der Waals surface area contributed by atoms with Gasteiger partial charge in [-0.2, -0.15) is 0 Å². The number of ether oxygens (including phenoxy) is 1. The van der Waals surface area contributed by atoms with Gasteiger partial charge in [0.1, 0.15) is 11.5 Å². The van der Waals surface area contributed by atoms with Crippen LogP contribution in [0.2, 0.25) is 0 Å². The van der Waals surface area contributed by atoms with E-state index in [1.54, 1.807) is 297 Å². The molecule has 646 valence electrons. The summed E-state index contributed by atoms with van der Waals surface area (Å²) in [6.07, 6.45) is 1.36. The van der Waals surface area contributed by atoms with E-state index in [0.717, 1.165) is 33.5 Å². The Bertz CT molecular complexity index is 8640. The van der Waals surface area contributed by atoms with Crippen LogP contribution in [0.3, 0.4) is 0 Å². The molecule has 0 aliphatic heterocycles. The van der Waals surface area contributed by atoms with Gasteiger partial charge in [-0.1, -0.05) is 71.1 Å². The van der Waals surface area contributed by atoms with Crippen molar-refractivity contribution in [2.24, 2.45) is 0 Å². The van der Waals surface area contributed by atoms with Crippen LogP contribution in [0.15, 0.2) is 123 Å². The van der Waals surface area contributed by atoms with Gasteiger partial charge in [-0.05, 0) is 42.8 Å².